The number of benzene rings is 4. The lowest BCUT2D eigenvalue weighted by Gasteiger charge is -2.24. The van der Waals surface area contributed by atoms with Crippen molar-refractivity contribution in [3.63, 3.8) is 0 Å². The summed E-state index contributed by atoms with van der Waals surface area (Å²) in [6.45, 7) is 0.379. The summed E-state index contributed by atoms with van der Waals surface area (Å²) in [5.74, 6) is -1.64. The molecule has 5 N–H and O–H groups in total. The summed E-state index contributed by atoms with van der Waals surface area (Å²) < 4.78 is 5.45. The minimum absolute atomic E-state index is 0.0365. The Morgan fingerprint density at radius 1 is 0.778 bits per heavy atom. The minimum Gasteiger partial charge on any atom is -0.496 e. The van der Waals surface area contributed by atoms with Gasteiger partial charge in [0.05, 0.1) is 7.11 Å². The van der Waals surface area contributed by atoms with Gasteiger partial charge in [-0.2, -0.15) is 0 Å². The molecule has 0 aliphatic rings. The van der Waals surface area contributed by atoms with Gasteiger partial charge in [-0.3, -0.25) is 9.59 Å². The van der Waals surface area contributed by atoms with Crippen molar-refractivity contribution in [1.29, 1.82) is 0 Å². The number of carbonyl (C=O) groups excluding carboxylic acids is 2. The van der Waals surface area contributed by atoms with Crippen LogP contribution < -0.4 is 16.2 Å². The summed E-state index contributed by atoms with van der Waals surface area (Å²) in [5, 5.41) is 12.4. The molecule has 0 bridgehead atoms. The van der Waals surface area contributed by atoms with Crippen LogP contribution in [0.2, 0.25) is 0 Å². The number of unbranched alkanes of at least 4 members (excludes halogenated alkanes) is 1. The topological polar surface area (TPSA) is 133 Å². The van der Waals surface area contributed by atoms with Gasteiger partial charge in [0.2, 0.25) is 0 Å². The van der Waals surface area contributed by atoms with Crippen molar-refractivity contribution in [2.45, 2.75) is 24.8 Å². The van der Waals surface area contributed by atoms with Gasteiger partial charge in [0.25, 0.3) is 0 Å². The van der Waals surface area contributed by atoms with Crippen LogP contribution in [0.4, 0.5) is 0 Å². The molecule has 4 aromatic rings. The van der Waals surface area contributed by atoms with E-state index in [4.69, 9.17) is 16.2 Å². The summed E-state index contributed by atoms with van der Waals surface area (Å²) in [4.78, 5) is 39.3. The Morgan fingerprint density at radius 2 is 1.28 bits per heavy atom. The van der Waals surface area contributed by atoms with Crippen LogP contribution in [-0.4, -0.2) is 41.8 Å². The Bertz CT molecular complexity index is 1480. The molecule has 0 saturated heterocycles. The smallest absolute Gasteiger partial charge is 0.331 e. The van der Waals surface area contributed by atoms with Crippen LogP contribution in [-0.2, 0) is 4.79 Å². The van der Waals surface area contributed by atoms with E-state index in [2.05, 4.69) is 0 Å². The van der Waals surface area contributed by atoms with Crippen LogP contribution in [0.3, 0.4) is 0 Å². The lowest BCUT2D eigenvalue weighted by molar-refractivity contribution is -0.141. The molecule has 7 heteroatoms. The van der Waals surface area contributed by atoms with Gasteiger partial charge in [-0.05, 0) is 66.2 Å². The molecule has 0 heterocycles. The van der Waals surface area contributed by atoms with Crippen LogP contribution >= 0.6 is 0 Å². The average molecular weight is 485 g/mol. The first-order valence-electron chi connectivity index (χ1n) is 11.7. The number of ether oxygens (including phenoxy) is 1. The van der Waals surface area contributed by atoms with Crippen LogP contribution in [0.5, 0.6) is 5.75 Å². The summed E-state index contributed by atoms with van der Waals surface area (Å²) in [7, 11) is 1.58. The highest BCUT2D eigenvalue weighted by Crippen LogP contribution is 2.33. The fourth-order valence-electron chi connectivity index (χ4n) is 4.59. The molecule has 0 amide bonds. The van der Waals surface area contributed by atoms with Crippen LogP contribution in [0.25, 0.3) is 21.5 Å². The Kier molecular flexibility index (Phi) is 7.15. The highest BCUT2D eigenvalue weighted by atomic mass is 16.5. The van der Waals surface area contributed by atoms with Gasteiger partial charge >= 0.3 is 5.97 Å². The molecule has 0 spiro atoms. The fraction of sp³-hybridized carbons (Fsp3) is 0.207. The van der Waals surface area contributed by atoms with Crippen LogP contribution in [0.1, 0.15) is 45.5 Å². The molecule has 0 radical (unpaired) electrons. The predicted octanol–water partition coefficient (Wildman–Crippen LogP) is 4.33. The van der Waals surface area contributed by atoms with Crippen molar-refractivity contribution in [1.82, 2.24) is 0 Å². The molecule has 36 heavy (non-hydrogen) atoms. The number of nitrogens with two attached hydrogens (primary N) is 2. The molecule has 1 atom stereocenters. The van der Waals surface area contributed by atoms with Gasteiger partial charge < -0.3 is 21.3 Å². The second kappa shape index (κ2) is 10.3. The number of rotatable bonds is 10. The molecule has 0 fully saturated rings. The molecule has 0 unspecified atom stereocenters. The van der Waals surface area contributed by atoms with Crippen molar-refractivity contribution >= 4 is 39.1 Å². The second-order valence-corrected chi connectivity index (χ2v) is 8.75. The SMILES string of the molecule is COc1ccc(C(=O)c2ccc(C(=O)[C@](N)(CCCCN)C(=O)O)c3ccccc23)c2ccccc12. The summed E-state index contributed by atoms with van der Waals surface area (Å²) in [6, 6.07) is 21.0. The van der Waals surface area contributed by atoms with Gasteiger partial charge in [0.1, 0.15) is 5.75 Å². The Labute approximate surface area is 208 Å². The summed E-state index contributed by atoms with van der Waals surface area (Å²) in [5.41, 5.74) is 10.7. The van der Waals surface area contributed by atoms with E-state index in [1.807, 2.05) is 24.3 Å². The molecular formula is C29H28N2O5. The van der Waals surface area contributed by atoms with Crippen molar-refractivity contribution < 1.29 is 24.2 Å². The quantitative estimate of drug-likeness (QED) is 0.173. The van der Waals surface area contributed by atoms with E-state index in [1.54, 1.807) is 49.6 Å². The fourth-order valence-corrected chi connectivity index (χ4v) is 4.59. The van der Waals surface area contributed by atoms with E-state index >= 15 is 0 Å². The lowest BCUT2D eigenvalue weighted by Crippen LogP contribution is -2.55. The highest BCUT2D eigenvalue weighted by Gasteiger charge is 2.42. The largest absolute Gasteiger partial charge is 0.496 e. The monoisotopic (exact) mass is 484 g/mol. The van der Waals surface area contributed by atoms with Crippen molar-refractivity contribution in [2.75, 3.05) is 13.7 Å². The second-order valence-electron chi connectivity index (χ2n) is 8.75. The van der Waals surface area contributed by atoms with Crippen LogP contribution in [0, 0.1) is 0 Å². The molecular weight excluding hydrogens is 456 g/mol. The van der Waals surface area contributed by atoms with Gasteiger partial charge in [0.15, 0.2) is 17.1 Å². The normalized spacial score (nSPS) is 12.9. The van der Waals surface area contributed by atoms with Gasteiger partial charge in [-0.1, -0.05) is 48.5 Å². The number of ketones is 2. The highest BCUT2D eigenvalue weighted by molar-refractivity contribution is 6.26. The third kappa shape index (κ3) is 4.34. The first-order valence-corrected chi connectivity index (χ1v) is 11.7. The number of Topliss-reactive ketones (excluding diaryl/α,β-unsaturated/α-hetero) is 1. The van der Waals surface area contributed by atoms with E-state index in [9.17, 15) is 19.5 Å². The first kappa shape index (κ1) is 25.0. The van der Waals surface area contributed by atoms with E-state index in [1.165, 1.54) is 6.07 Å². The lowest BCUT2D eigenvalue weighted by atomic mass is 9.82. The molecule has 4 rings (SSSR count). The van der Waals surface area contributed by atoms with Crippen molar-refractivity contribution in [3.8, 4) is 5.75 Å². The average Bonchev–Trinajstić information content (AvgIpc) is 2.91. The third-order valence-electron chi connectivity index (χ3n) is 6.57. The Hall–Kier alpha value is -4.07. The summed E-state index contributed by atoms with van der Waals surface area (Å²) >= 11 is 0. The molecule has 4 aromatic carbocycles. The van der Waals surface area contributed by atoms with Gasteiger partial charge in [-0.25, -0.2) is 4.79 Å². The number of methoxy groups -OCH3 is 1. The third-order valence-corrected chi connectivity index (χ3v) is 6.57. The van der Waals surface area contributed by atoms with E-state index in [0.29, 0.717) is 47.0 Å². The number of aliphatic carboxylic acids is 1. The number of fused-ring (bicyclic) bond motifs is 2. The van der Waals surface area contributed by atoms with E-state index in [-0.39, 0.29) is 17.8 Å². The number of hydrogen-bond donors (Lipinski definition) is 3. The summed E-state index contributed by atoms with van der Waals surface area (Å²) in [6.07, 6.45) is 0.929. The number of carboxylic acid groups (broad SMARTS) is 1. The van der Waals surface area contributed by atoms with Crippen LogP contribution in [0.15, 0.2) is 72.8 Å². The number of carbonyl (C=O) groups is 3. The Balaban J connectivity index is 1.84. The zero-order valence-corrected chi connectivity index (χ0v) is 20.0. The van der Waals surface area contributed by atoms with Gasteiger partial charge in [-0.15, -0.1) is 0 Å². The molecule has 0 saturated carbocycles. The van der Waals surface area contributed by atoms with E-state index < -0.39 is 17.3 Å². The zero-order chi connectivity index (χ0) is 25.9. The molecule has 0 aromatic heterocycles. The number of carboxylic acids is 1. The standard InChI is InChI=1S/C29H28N2O5/c1-36-25-15-14-23(20-10-4-5-11-21(20)25)26(32)22-12-13-24(19-9-3-2-8-18(19)22)27(33)29(31,28(34)35)16-6-7-17-30/h2-5,8-15H,6-7,16-17,30-31H2,1H3,(H,34,35)/t29-/m1/s1. The minimum atomic E-state index is -2.09. The zero-order valence-electron chi connectivity index (χ0n) is 20.0. The first-order chi connectivity index (χ1) is 17.3. The molecule has 0 aliphatic heterocycles. The van der Waals surface area contributed by atoms with Crippen molar-refractivity contribution in [3.05, 3.63) is 89.5 Å². The Morgan fingerprint density at radius 3 is 1.83 bits per heavy atom. The maximum Gasteiger partial charge on any atom is 0.331 e. The maximum absolute atomic E-state index is 13.8. The predicted molar refractivity (Wildman–Crippen MR) is 140 cm³/mol. The molecule has 184 valence electrons. The van der Waals surface area contributed by atoms with Gasteiger partial charge in [0, 0.05) is 22.1 Å². The molecule has 7 nitrogen and oxygen atoms in total. The van der Waals surface area contributed by atoms with Crippen molar-refractivity contribution in [2.24, 2.45) is 11.5 Å². The van der Waals surface area contributed by atoms with E-state index in [0.717, 1.165) is 10.8 Å². The maximum atomic E-state index is 13.8. The molecule has 0 aliphatic carbocycles. The number of hydrogen-bond acceptors (Lipinski definition) is 6.